The van der Waals surface area contributed by atoms with E-state index in [-0.39, 0.29) is 6.61 Å². The molecule has 1 unspecified atom stereocenters. The van der Waals surface area contributed by atoms with Crippen molar-refractivity contribution in [1.82, 2.24) is 9.80 Å². The Bertz CT molecular complexity index is 476. The van der Waals surface area contributed by atoms with Gasteiger partial charge in [0.15, 0.2) is 0 Å². The summed E-state index contributed by atoms with van der Waals surface area (Å²) in [5.41, 5.74) is 1.28. The van der Waals surface area contributed by atoms with Crippen LogP contribution in [0, 0.1) is 5.92 Å². The summed E-state index contributed by atoms with van der Waals surface area (Å²) in [6.07, 6.45) is 3.36. The molecule has 1 aromatic rings. The fraction of sp³-hybridized carbons (Fsp3) is 0.700. The largest absolute Gasteiger partial charge is 0.497 e. The average molecular weight is 335 g/mol. The zero-order valence-corrected chi connectivity index (χ0v) is 15.6. The minimum atomic E-state index is 0.262. The van der Waals surface area contributed by atoms with Gasteiger partial charge in [0.05, 0.1) is 7.11 Å². The molecule has 2 rings (SSSR count). The van der Waals surface area contributed by atoms with E-state index in [1.54, 1.807) is 7.11 Å². The lowest BCUT2D eigenvalue weighted by molar-refractivity contribution is 0.0452. The Hall–Kier alpha value is -1.10. The number of nitrogens with zero attached hydrogens (tertiary/aromatic N) is 2. The lowest BCUT2D eigenvalue weighted by atomic mass is 10.0. The monoisotopic (exact) mass is 334 g/mol. The van der Waals surface area contributed by atoms with Crippen molar-refractivity contribution < 1.29 is 9.84 Å². The van der Waals surface area contributed by atoms with Crippen molar-refractivity contribution in [3.8, 4) is 5.75 Å². The first-order valence-corrected chi connectivity index (χ1v) is 9.40. The zero-order chi connectivity index (χ0) is 17.4. The lowest BCUT2D eigenvalue weighted by Gasteiger charge is -2.42. The van der Waals surface area contributed by atoms with Crippen LogP contribution in [-0.2, 0) is 6.54 Å². The summed E-state index contributed by atoms with van der Waals surface area (Å²) in [5, 5.41) is 9.48. The Morgan fingerprint density at radius 3 is 2.71 bits per heavy atom. The molecular weight excluding hydrogens is 300 g/mol. The Morgan fingerprint density at radius 2 is 2.04 bits per heavy atom. The van der Waals surface area contributed by atoms with Gasteiger partial charge in [-0.05, 0) is 30.0 Å². The van der Waals surface area contributed by atoms with Crippen molar-refractivity contribution in [2.75, 3.05) is 39.9 Å². The molecule has 1 fully saturated rings. The van der Waals surface area contributed by atoms with Crippen LogP contribution in [-0.4, -0.2) is 60.8 Å². The maximum atomic E-state index is 9.48. The highest BCUT2D eigenvalue weighted by Crippen LogP contribution is 2.21. The van der Waals surface area contributed by atoms with Gasteiger partial charge in [-0.2, -0.15) is 0 Å². The maximum absolute atomic E-state index is 9.48. The van der Waals surface area contributed by atoms with Crippen molar-refractivity contribution in [3.05, 3.63) is 29.8 Å². The number of ether oxygens (including phenoxy) is 1. The number of aliphatic hydroxyl groups is 1. The van der Waals surface area contributed by atoms with Crippen molar-refractivity contribution in [1.29, 1.82) is 0 Å². The third-order valence-electron chi connectivity index (χ3n) is 5.34. The van der Waals surface area contributed by atoms with Crippen molar-refractivity contribution in [2.24, 2.45) is 5.92 Å². The second-order valence-corrected chi connectivity index (χ2v) is 6.93. The van der Waals surface area contributed by atoms with Gasteiger partial charge >= 0.3 is 0 Å². The molecule has 4 heteroatoms. The van der Waals surface area contributed by atoms with Gasteiger partial charge in [0.1, 0.15) is 5.75 Å². The zero-order valence-electron chi connectivity index (χ0n) is 15.6. The van der Waals surface area contributed by atoms with Gasteiger partial charge in [-0.15, -0.1) is 0 Å². The molecular formula is C20H34N2O2. The van der Waals surface area contributed by atoms with E-state index in [4.69, 9.17) is 4.74 Å². The number of piperazine rings is 1. The Kier molecular flexibility index (Phi) is 8.03. The standard InChI is InChI=1S/C20H34N2O2/c1-4-17(5-2)14-21-10-11-22(19(16-21)9-12-23)15-18-7-6-8-20(13-18)24-3/h6-8,13,17,19,23H,4-5,9-12,14-16H2,1-3H3. The highest BCUT2D eigenvalue weighted by Gasteiger charge is 2.27. The van der Waals surface area contributed by atoms with Crippen molar-refractivity contribution in [2.45, 2.75) is 45.7 Å². The van der Waals surface area contributed by atoms with Crippen LogP contribution < -0.4 is 4.74 Å². The van der Waals surface area contributed by atoms with Gasteiger partial charge in [-0.3, -0.25) is 4.90 Å². The molecule has 0 bridgehead atoms. The number of rotatable bonds is 9. The van der Waals surface area contributed by atoms with E-state index in [0.29, 0.717) is 6.04 Å². The highest BCUT2D eigenvalue weighted by atomic mass is 16.5. The molecule has 4 nitrogen and oxygen atoms in total. The molecule has 24 heavy (non-hydrogen) atoms. The smallest absolute Gasteiger partial charge is 0.119 e. The Labute approximate surface area is 147 Å². The summed E-state index contributed by atoms with van der Waals surface area (Å²) in [6.45, 7) is 10.2. The SMILES string of the molecule is CCC(CC)CN1CCN(Cc2cccc(OC)c2)C(CCO)C1. The molecule has 1 heterocycles. The van der Waals surface area contributed by atoms with Crippen LogP contribution in [0.4, 0.5) is 0 Å². The first-order valence-electron chi connectivity index (χ1n) is 9.40. The molecule has 136 valence electrons. The fourth-order valence-corrected chi connectivity index (χ4v) is 3.67. The highest BCUT2D eigenvalue weighted by molar-refractivity contribution is 5.28. The predicted octanol–water partition coefficient (Wildman–Crippen LogP) is 3.00. The van der Waals surface area contributed by atoms with E-state index in [9.17, 15) is 5.11 Å². The van der Waals surface area contributed by atoms with E-state index < -0.39 is 0 Å². The summed E-state index contributed by atoms with van der Waals surface area (Å²) in [6, 6.07) is 8.76. The van der Waals surface area contributed by atoms with Gasteiger partial charge < -0.3 is 14.7 Å². The van der Waals surface area contributed by atoms with Crippen molar-refractivity contribution >= 4 is 0 Å². The second-order valence-electron chi connectivity index (χ2n) is 6.93. The molecule has 1 aliphatic heterocycles. The van der Waals surface area contributed by atoms with Gasteiger partial charge in [-0.1, -0.05) is 38.8 Å². The number of aliphatic hydroxyl groups excluding tert-OH is 1. The molecule has 1 N–H and O–H groups in total. The number of methoxy groups -OCH3 is 1. The summed E-state index contributed by atoms with van der Waals surface area (Å²) in [7, 11) is 1.71. The average Bonchev–Trinajstić information content (AvgIpc) is 2.62. The van der Waals surface area contributed by atoms with Crippen molar-refractivity contribution in [3.63, 3.8) is 0 Å². The summed E-state index contributed by atoms with van der Waals surface area (Å²) in [5.74, 6) is 1.71. The van der Waals surface area contributed by atoms with E-state index in [0.717, 1.165) is 44.3 Å². The lowest BCUT2D eigenvalue weighted by Crippen LogP contribution is -2.53. The molecule has 1 aliphatic rings. The molecule has 0 spiro atoms. The van der Waals surface area contributed by atoms with Gasteiger partial charge in [0, 0.05) is 45.4 Å². The minimum absolute atomic E-state index is 0.262. The van der Waals surface area contributed by atoms with Crippen LogP contribution in [0.1, 0.15) is 38.7 Å². The molecule has 0 amide bonds. The number of hydrogen-bond donors (Lipinski definition) is 1. The first kappa shape index (κ1) is 19.2. The summed E-state index contributed by atoms with van der Waals surface area (Å²) < 4.78 is 5.34. The Morgan fingerprint density at radius 1 is 1.25 bits per heavy atom. The molecule has 0 aromatic heterocycles. The Balaban J connectivity index is 1.97. The topological polar surface area (TPSA) is 35.9 Å². The summed E-state index contributed by atoms with van der Waals surface area (Å²) >= 11 is 0. The van der Waals surface area contributed by atoms with Gasteiger partial charge in [0.25, 0.3) is 0 Å². The molecule has 1 saturated heterocycles. The summed E-state index contributed by atoms with van der Waals surface area (Å²) in [4.78, 5) is 5.12. The van der Waals surface area contributed by atoms with Crippen LogP contribution in [0.25, 0.3) is 0 Å². The van der Waals surface area contributed by atoms with E-state index in [1.807, 2.05) is 6.07 Å². The van der Waals surface area contributed by atoms with Crippen LogP contribution >= 0.6 is 0 Å². The minimum Gasteiger partial charge on any atom is -0.497 e. The number of hydrogen-bond acceptors (Lipinski definition) is 4. The molecule has 0 aliphatic carbocycles. The van der Waals surface area contributed by atoms with Crippen LogP contribution in [0.5, 0.6) is 5.75 Å². The van der Waals surface area contributed by atoms with E-state index >= 15 is 0 Å². The first-order chi connectivity index (χ1) is 11.7. The predicted molar refractivity (Wildman–Crippen MR) is 99.4 cm³/mol. The normalized spacial score (nSPS) is 19.8. The maximum Gasteiger partial charge on any atom is 0.119 e. The third-order valence-corrected chi connectivity index (χ3v) is 5.34. The van der Waals surface area contributed by atoms with Gasteiger partial charge in [-0.25, -0.2) is 0 Å². The van der Waals surface area contributed by atoms with Crippen LogP contribution in [0.15, 0.2) is 24.3 Å². The quantitative estimate of drug-likeness (QED) is 0.753. The van der Waals surface area contributed by atoms with Crippen LogP contribution in [0.3, 0.4) is 0 Å². The molecule has 0 radical (unpaired) electrons. The molecule has 1 aromatic carbocycles. The van der Waals surface area contributed by atoms with E-state index in [1.165, 1.54) is 24.9 Å². The number of benzene rings is 1. The fourth-order valence-electron chi connectivity index (χ4n) is 3.67. The molecule has 1 atom stereocenters. The molecule has 0 saturated carbocycles. The van der Waals surface area contributed by atoms with E-state index in [2.05, 4.69) is 41.8 Å². The third kappa shape index (κ3) is 5.47. The second kappa shape index (κ2) is 10.0. The van der Waals surface area contributed by atoms with Crippen LogP contribution in [0.2, 0.25) is 0 Å². The van der Waals surface area contributed by atoms with Gasteiger partial charge in [0.2, 0.25) is 0 Å².